The fourth-order valence-electron chi connectivity index (χ4n) is 2.97. The highest BCUT2D eigenvalue weighted by Crippen LogP contribution is 2.27. The molecule has 1 heterocycles. The van der Waals surface area contributed by atoms with Crippen molar-refractivity contribution in [2.24, 2.45) is 0 Å². The Morgan fingerprint density at radius 1 is 1.07 bits per heavy atom. The van der Waals surface area contributed by atoms with Crippen LogP contribution in [0.3, 0.4) is 0 Å². The highest BCUT2D eigenvalue weighted by molar-refractivity contribution is 5.96. The second-order valence-electron chi connectivity index (χ2n) is 6.85. The molecule has 2 aromatic carbocycles. The highest BCUT2D eigenvalue weighted by Gasteiger charge is 2.23. The third-order valence-corrected chi connectivity index (χ3v) is 4.63. The average molecular weight is 395 g/mol. The molecule has 0 N–H and O–H groups in total. The molecule has 6 nitrogen and oxygen atoms in total. The van der Waals surface area contributed by atoms with Crippen LogP contribution in [0, 0.1) is 6.92 Å². The zero-order valence-electron chi connectivity index (χ0n) is 16.9. The molecule has 0 unspecified atom stereocenters. The molecule has 6 heteroatoms. The number of para-hydroxylation sites is 1. The number of hydrogen-bond donors (Lipinski definition) is 0. The Balaban J connectivity index is 1.65. The van der Waals surface area contributed by atoms with Crippen molar-refractivity contribution in [3.63, 3.8) is 0 Å². The van der Waals surface area contributed by atoms with E-state index < -0.39 is 5.97 Å². The molecule has 0 fully saturated rings. The lowest BCUT2D eigenvalue weighted by molar-refractivity contribution is -0.133. The maximum Gasteiger partial charge on any atom is 0.375 e. The molecule has 1 amide bonds. The lowest BCUT2D eigenvalue weighted by Crippen LogP contribution is -2.30. The van der Waals surface area contributed by atoms with Gasteiger partial charge in [0.05, 0.1) is 6.61 Å². The number of amides is 1. The lowest BCUT2D eigenvalue weighted by atomic mass is 10.1. The molecule has 29 heavy (non-hydrogen) atoms. The van der Waals surface area contributed by atoms with Crippen molar-refractivity contribution in [1.29, 1.82) is 0 Å². The SMILES string of the molecule is CCOCc1c(C(=O)OCC(=O)N(C)Cc2ccc(C)cc2)oc2ccccc12. The number of rotatable bonds is 8. The maximum atomic E-state index is 12.6. The summed E-state index contributed by atoms with van der Waals surface area (Å²) < 4.78 is 16.4. The van der Waals surface area contributed by atoms with Crippen LogP contribution in [0.5, 0.6) is 0 Å². The predicted molar refractivity (Wildman–Crippen MR) is 109 cm³/mol. The van der Waals surface area contributed by atoms with E-state index in [0.717, 1.165) is 16.5 Å². The van der Waals surface area contributed by atoms with Crippen LogP contribution in [0.25, 0.3) is 11.0 Å². The summed E-state index contributed by atoms with van der Waals surface area (Å²) in [6, 6.07) is 15.3. The minimum absolute atomic E-state index is 0.0774. The zero-order valence-corrected chi connectivity index (χ0v) is 16.9. The molecule has 0 bridgehead atoms. The normalized spacial score (nSPS) is 10.9. The second-order valence-corrected chi connectivity index (χ2v) is 6.85. The van der Waals surface area contributed by atoms with Crippen LogP contribution in [0.4, 0.5) is 0 Å². The molecule has 0 aliphatic carbocycles. The fraction of sp³-hybridized carbons (Fsp3) is 0.304. The van der Waals surface area contributed by atoms with E-state index in [1.807, 2.05) is 56.3 Å². The van der Waals surface area contributed by atoms with Crippen molar-refractivity contribution in [3.05, 3.63) is 71.0 Å². The Labute approximate surface area is 170 Å². The first-order chi connectivity index (χ1) is 14.0. The summed E-state index contributed by atoms with van der Waals surface area (Å²) in [4.78, 5) is 26.5. The van der Waals surface area contributed by atoms with Gasteiger partial charge >= 0.3 is 5.97 Å². The number of furan rings is 1. The molecule has 0 radical (unpaired) electrons. The van der Waals surface area contributed by atoms with Crippen molar-refractivity contribution < 1.29 is 23.5 Å². The first-order valence-electron chi connectivity index (χ1n) is 9.54. The van der Waals surface area contributed by atoms with E-state index in [9.17, 15) is 9.59 Å². The summed E-state index contributed by atoms with van der Waals surface area (Å²) in [6.45, 7) is 4.72. The van der Waals surface area contributed by atoms with Gasteiger partial charge in [0.1, 0.15) is 5.58 Å². The molecule has 152 valence electrons. The van der Waals surface area contributed by atoms with Crippen LogP contribution >= 0.6 is 0 Å². The van der Waals surface area contributed by atoms with Crippen LogP contribution < -0.4 is 0 Å². The largest absolute Gasteiger partial charge is 0.450 e. The molecule has 0 saturated carbocycles. The summed E-state index contributed by atoms with van der Waals surface area (Å²) in [7, 11) is 1.68. The minimum atomic E-state index is -0.673. The van der Waals surface area contributed by atoms with Gasteiger partial charge in [-0.2, -0.15) is 0 Å². The van der Waals surface area contributed by atoms with Crippen LogP contribution in [0.1, 0.15) is 34.2 Å². The minimum Gasteiger partial charge on any atom is -0.450 e. The highest BCUT2D eigenvalue weighted by atomic mass is 16.5. The van der Waals surface area contributed by atoms with Gasteiger partial charge in [0.2, 0.25) is 5.76 Å². The quantitative estimate of drug-likeness (QED) is 0.537. The third-order valence-electron chi connectivity index (χ3n) is 4.63. The Morgan fingerprint density at radius 3 is 2.52 bits per heavy atom. The number of nitrogens with zero attached hydrogens (tertiary/aromatic N) is 1. The molecule has 0 aliphatic heterocycles. The Hall–Kier alpha value is -3.12. The molecule has 0 atom stereocenters. The molecule has 0 spiro atoms. The number of carbonyl (C=O) groups excluding carboxylic acids is 2. The summed E-state index contributed by atoms with van der Waals surface area (Å²) in [5.41, 5.74) is 3.38. The number of esters is 1. The van der Waals surface area contributed by atoms with Crippen LogP contribution in [0.15, 0.2) is 52.9 Å². The van der Waals surface area contributed by atoms with Crippen LogP contribution in [0.2, 0.25) is 0 Å². The van der Waals surface area contributed by atoms with E-state index in [1.54, 1.807) is 13.1 Å². The van der Waals surface area contributed by atoms with E-state index in [0.29, 0.717) is 24.3 Å². The van der Waals surface area contributed by atoms with E-state index in [-0.39, 0.29) is 24.9 Å². The Bertz CT molecular complexity index is 990. The number of aryl methyl sites for hydroxylation is 1. The van der Waals surface area contributed by atoms with Gasteiger partial charge in [0, 0.05) is 31.1 Å². The standard InChI is InChI=1S/C23H25NO5/c1-4-27-14-19-18-7-5-6-8-20(18)29-22(19)23(26)28-15-21(25)24(3)13-17-11-9-16(2)10-12-17/h5-12H,4,13-15H2,1-3H3. The van der Waals surface area contributed by atoms with Gasteiger partial charge in [-0.1, -0.05) is 48.0 Å². The average Bonchev–Trinajstić information content (AvgIpc) is 3.10. The van der Waals surface area contributed by atoms with Crippen molar-refractivity contribution >= 4 is 22.8 Å². The van der Waals surface area contributed by atoms with Gasteiger partial charge < -0.3 is 18.8 Å². The molecule has 0 saturated heterocycles. The van der Waals surface area contributed by atoms with Crippen molar-refractivity contribution in [2.75, 3.05) is 20.3 Å². The topological polar surface area (TPSA) is 69.0 Å². The number of ether oxygens (including phenoxy) is 2. The first kappa shape index (κ1) is 20.6. The summed E-state index contributed by atoms with van der Waals surface area (Å²) in [6.07, 6.45) is 0. The van der Waals surface area contributed by atoms with Gasteiger partial charge in [0.25, 0.3) is 5.91 Å². The second kappa shape index (κ2) is 9.39. The zero-order chi connectivity index (χ0) is 20.8. The summed E-state index contributed by atoms with van der Waals surface area (Å²) >= 11 is 0. The van der Waals surface area contributed by atoms with E-state index >= 15 is 0 Å². The van der Waals surface area contributed by atoms with Crippen LogP contribution in [-0.2, 0) is 27.4 Å². The van der Waals surface area contributed by atoms with Gasteiger partial charge in [-0.05, 0) is 25.5 Å². The molecular weight excluding hydrogens is 370 g/mol. The third kappa shape index (κ3) is 5.03. The van der Waals surface area contributed by atoms with E-state index in [4.69, 9.17) is 13.9 Å². The Morgan fingerprint density at radius 2 is 1.79 bits per heavy atom. The Kier molecular flexibility index (Phi) is 6.67. The fourth-order valence-corrected chi connectivity index (χ4v) is 2.97. The van der Waals surface area contributed by atoms with Crippen molar-refractivity contribution in [2.45, 2.75) is 27.0 Å². The van der Waals surface area contributed by atoms with Gasteiger partial charge in [-0.3, -0.25) is 4.79 Å². The number of likely N-dealkylation sites (N-methyl/N-ethyl adjacent to an activating group) is 1. The van der Waals surface area contributed by atoms with Gasteiger partial charge in [-0.25, -0.2) is 4.79 Å². The summed E-state index contributed by atoms with van der Waals surface area (Å²) in [5.74, 6) is -0.886. The first-order valence-corrected chi connectivity index (χ1v) is 9.54. The van der Waals surface area contributed by atoms with Gasteiger partial charge in [0.15, 0.2) is 6.61 Å². The van der Waals surface area contributed by atoms with E-state index in [2.05, 4.69) is 0 Å². The van der Waals surface area contributed by atoms with E-state index in [1.165, 1.54) is 4.90 Å². The smallest absolute Gasteiger partial charge is 0.375 e. The number of carbonyl (C=O) groups is 2. The van der Waals surface area contributed by atoms with Crippen molar-refractivity contribution in [3.8, 4) is 0 Å². The van der Waals surface area contributed by atoms with Gasteiger partial charge in [-0.15, -0.1) is 0 Å². The lowest BCUT2D eigenvalue weighted by Gasteiger charge is -2.17. The maximum absolute atomic E-state index is 12.6. The number of fused-ring (bicyclic) bond motifs is 1. The van der Waals surface area contributed by atoms with Crippen molar-refractivity contribution in [1.82, 2.24) is 4.90 Å². The molecule has 0 aliphatic rings. The molecular formula is C23H25NO5. The molecule has 3 aromatic rings. The molecule has 1 aromatic heterocycles. The van der Waals surface area contributed by atoms with Crippen LogP contribution in [-0.4, -0.2) is 37.0 Å². The summed E-state index contributed by atoms with van der Waals surface area (Å²) in [5, 5.41) is 0.802. The number of benzene rings is 2. The predicted octanol–water partition coefficient (Wildman–Crippen LogP) is 4.09. The monoisotopic (exact) mass is 395 g/mol. The number of hydrogen-bond acceptors (Lipinski definition) is 5. The molecule has 3 rings (SSSR count).